The van der Waals surface area contributed by atoms with Crippen molar-refractivity contribution in [1.29, 1.82) is 0 Å². The van der Waals surface area contributed by atoms with E-state index in [-0.39, 0.29) is 11.4 Å². The molecule has 4 rings (SSSR count). The first-order chi connectivity index (χ1) is 12.1. The van der Waals surface area contributed by atoms with E-state index in [0.717, 1.165) is 30.1 Å². The van der Waals surface area contributed by atoms with Gasteiger partial charge in [-0.3, -0.25) is 4.99 Å². The van der Waals surface area contributed by atoms with Crippen molar-refractivity contribution in [3.8, 4) is 0 Å². The maximum atomic E-state index is 13.7. The normalized spacial score (nSPS) is 20.0. The van der Waals surface area contributed by atoms with Gasteiger partial charge < -0.3 is 10.6 Å². The standard InChI is InChI=1S/C21H24FN3/c1-15-6-5-7-16(12-15)14-23-20-21(10-3-2-4-11-21)25-19-13-17(22)8-9-18(19)24-20/h5-9,12-13,25H,2-4,10-11,14H2,1H3,(H,23,24). The summed E-state index contributed by atoms with van der Waals surface area (Å²) >= 11 is 0. The molecular formula is C21H24FN3. The van der Waals surface area contributed by atoms with Crippen LogP contribution in [0, 0.1) is 12.7 Å². The van der Waals surface area contributed by atoms with Gasteiger partial charge in [0.25, 0.3) is 0 Å². The third-order valence-electron chi connectivity index (χ3n) is 5.27. The van der Waals surface area contributed by atoms with Crippen LogP contribution in [0.3, 0.4) is 0 Å². The van der Waals surface area contributed by atoms with Crippen LogP contribution >= 0.6 is 0 Å². The number of aryl methyl sites for hydroxylation is 1. The smallest absolute Gasteiger partial charge is 0.127 e. The van der Waals surface area contributed by atoms with Gasteiger partial charge in [-0.2, -0.15) is 0 Å². The number of amidine groups is 1. The molecule has 2 aliphatic rings. The molecule has 1 fully saturated rings. The van der Waals surface area contributed by atoms with Gasteiger partial charge in [0.05, 0.1) is 23.5 Å². The second-order valence-electron chi connectivity index (χ2n) is 7.24. The molecular weight excluding hydrogens is 313 g/mol. The summed E-state index contributed by atoms with van der Waals surface area (Å²) in [6.45, 7) is 2.76. The first-order valence-corrected chi connectivity index (χ1v) is 9.10. The third kappa shape index (κ3) is 3.26. The van der Waals surface area contributed by atoms with E-state index in [0.29, 0.717) is 6.54 Å². The lowest BCUT2D eigenvalue weighted by Crippen LogP contribution is -2.53. The molecule has 2 aromatic carbocycles. The number of halogens is 1. The number of hydrogen-bond acceptors (Lipinski definition) is 2. The Hall–Kier alpha value is -2.36. The van der Waals surface area contributed by atoms with Gasteiger partial charge in [0.15, 0.2) is 0 Å². The lowest BCUT2D eigenvalue weighted by atomic mass is 9.79. The molecule has 2 N–H and O–H groups in total. The molecule has 130 valence electrons. The van der Waals surface area contributed by atoms with Crippen LogP contribution in [0.1, 0.15) is 43.2 Å². The minimum absolute atomic E-state index is 0.192. The highest BCUT2D eigenvalue weighted by Crippen LogP contribution is 2.39. The molecule has 2 aromatic rings. The summed E-state index contributed by atoms with van der Waals surface area (Å²) < 4.78 is 13.7. The topological polar surface area (TPSA) is 36.4 Å². The Morgan fingerprint density at radius 3 is 2.68 bits per heavy atom. The van der Waals surface area contributed by atoms with Crippen LogP contribution < -0.4 is 10.6 Å². The summed E-state index contributed by atoms with van der Waals surface area (Å²) in [7, 11) is 0. The van der Waals surface area contributed by atoms with E-state index in [2.05, 4.69) is 41.8 Å². The molecule has 0 aromatic heterocycles. The molecule has 3 nitrogen and oxygen atoms in total. The second-order valence-corrected chi connectivity index (χ2v) is 7.24. The van der Waals surface area contributed by atoms with Crippen molar-refractivity contribution in [2.75, 3.05) is 10.6 Å². The zero-order valence-corrected chi connectivity index (χ0v) is 14.6. The average molecular weight is 337 g/mol. The van der Waals surface area contributed by atoms with Crippen LogP contribution in [-0.4, -0.2) is 11.4 Å². The average Bonchev–Trinajstić information content (AvgIpc) is 2.61. The summed E-state index contributed by atoms with van der Waals surface area (Å²) in [5, 5.41) is 7.11. The molecule has 1 saturated carbocycles. The fourth-order valence-electron chi connectivity index (χ4n) is 3.98. The number of rotatable bonds is 2. The largest absolute Gasteiger partial charge is 0.371 e. The molecule has 0 atom stereocenters. The molecule has 0 bridgehead atoms. The summed E-state index contributed by atoms with van der Waals surface area (Å²) in [6.07, 6.45) is 5.65. The molecule has 0 saturated heterocycles. The monoisotopic (exact) mass is 337 g/mol. The molecule has 0 unspecified atom stereocenters. The predicted molar refractivity (Wildman–Crippen MR) is 102 cm³/mol. The number of aliphatic imine (C=N–C) groups is 1. The quantitative estimate of drug-likeness (QED) is 0.783. The van der Waals surface area contributed by atoms with E-state index in [1.807, 2.05) is 0 Å². The Morgan fingerprint density at radius 2 is 1.88 bits per heavy atom. The lowest BCUT2D eigenvalue weighted by molar-refractivity contribution is 0.402. The van der Waals surface area contributed by atoms with Crippen LogP contribution in [0.5, 0.6) is 0 Å². The summed E-state index contributed by atoms with van der Waals surface area (Å²) in [6, 6.07) is 13.3. The van der Waals surface area contributed by atoms with Gasteiger partial charge in [0.2, 0.25) is 0 Å². The number of fused-ring (bicyclic) bond motifs is 1. The number of hydrogen-bond donors (Lipinski definition) is 2. The van der Waals surface area contributed by atoms with E-state index in [1.54, 1.807) is 12.1 Å². The Morgan fingerprint density at radius 1 is 1.04 bits per heavy atom. The van der Waals surface area contributed by atoms with E-state index < -0.39 is 0 Å². The zero-order valence-electron chi connectivity index (χ0n) is 14.6. The number of nitrogens with zero attached hydrogens (tertiary/aromatic N) is 1. The molecule has 25 heavy (non-hydrogen) atoms. The highest BCUT2D eigenvalue weighted by atomic mass is 19.1. The molecule has 1 aliphatic carbocycles. The Labute approximate surface area is 148 Å². The van der Waals surface area contributed by atoms with Gasteiger partial charge in [-0.1, -0.05) is 49.1 Å². The molecule has 1 aliphatic heterocycles. The maximum absolute atomic E-state index is 13.7. The fraction of sp³-hybridized carbons (Fsp3) is 0.381. The van der Waals surface area contributed by atoms with Crippen LogP contribution in [-0.2, 0) is 6.54 Å². The van der Waals surface area contributed by atoms with Crippen molar-refractivity contribution in [3.63, 3.8) is 0 Å². The molecule has 0 amide bonds. The van der Waals surface area contributed by atoms with Crippen molar-refractivity contribution in [2.24, 2.45) is 4.99 Å². The van der Waals surface area contributed by atoms with E-state index in [1.165, 1.54) is 36.5 Å². The second kappa shape index (κ2) is 6.51. The number of benzene rings is 2. The van der Waals surface area contributed by atoms with Crippen molar-refractivity contribution in [1.82, 2.24) is 0 Å². The minimum Gasteiger partial charge on any atom is -0.371 e. The van der Waals surface area contributed by atoms with Crippen LogP contribution in [0.15, 0.2) is 47.5 Å². The Bertz CT molecular complexity index is 807. The highest BCUT2D eigenvalue weighted by Gasteiger charge is 2.40. The van der Waals surface area contributed by atoms with Crippen LogP contribution in [0.25, 0.3) is 0 Å². The first-order valence-electron chi connectivity index (χ1n) is 9.10. The van der Waals surface area contributed by atoms with Gasteiger partial charge in [-0.15, -0.1) is 0 Å². The van der Waals surface area contributed by atoms with Gasteiger partial charge in [-0.05, 0) is 43.5 Å². The third-order valence-corrected chi connectivity index (χ3v) is 5.27. The maximum Gasteiger partial charge on any atom is 0.127 e. The van der Waals surface area contributed by atoms with E-state index in [4.69, 9.17) is 4.99 Å². The van der Waals surface area contributed by atoms with Gasteiger partial charge in [0, 0.05) is 0 Å². The van der Waals surface area contributed by atoms with Crippen LogP contribution in [0.2, 0.25) is 0 Å². The number of anilines is 2. The first kappa shape index (κ1) is 16.1. The zero-order chi connectivity index (χ0) is 17.3. The molecule has 1 spiro atoms. The Balaban J connectivity index is 1.68. The van der Waals surface area contributed by atoms with Crippen molar-refractivity contribution >= 4 is 17.2 Å². The van der Waals surface area contributed by atoms with Crippen molar-refractivity contribution < 1.29 is 4.39 Å². The molecule has 4 heteroatoms. The van der Waals surface area contributed by atoms with Crippen molar-refractivity contribution in [2.45, 2.75) is 51.1 Å². The summed E-state index contributed by atoms with van der Waals surface area (Å²) in [4.78, 5) is 4.94. The SMILES string of the molecule is Cc1cccc(CN=C2Nc3ccc(F)cc3NC23CCCCC3)c1. The van der Waals surface area contributed by atoms with Crippen LogP contribution in [0.4, 0.5) is 15.8 Å². The predicted octanol–water partition coefficient (Wildman–Crippen LogP) is 5.27. The summed E-state index contributed by atoms with van der Waals surface area (Å²) in [5.74, 6) is 0.784. The van der Waals surface area contributed by atoms with Gasteiger partial charge in [-0.25, -0.2) is 4.39 Å². The highest BCUT2D eigenvalue weighted by molar-refractivity contribution is 6.09. The summed E-state index contributed by atoms with van der Waals surface area (Å²) in [5.41, 5.74) is 4.02. The van der Waals surface area contributed by atoms with E-state index >= 15 is 0 Å². The van der Waals surface area contributed by atoms with Gasteiger partial charge >= 0.3 is 0 Å². The molecule has 1 heterocycles. The number of nitrogens with one attached hydrogen (secondary N) is 2. The fourth-order valence-corrected chi connectivity index (χ4v) is 3.98. The minimum atomic E-state index is -0.209. The van der Waals surface area contributed by atoms with E-state index in [9.17, 15) is 4.39 Å². The lowest BCUT2D eigenvalue weighted by Gasteiger charge is -2.44. The van der Waals surface area contributed by atoms with Gasteiger partial charge in [0.1, 0.15) is 11.7 Å². The molecule has 0 radical (unpaired) electrons. The Kier molecular flexibility index (Phi) is 4.20. The van der Waals surface area contributed by atoms with Crippen molar-refractivity contribution in [3.05, 3.63) is 59.4 Å².